The predicted octanol–water partition coefficient (Wildman–Crippen LogP) is 0.982. The number of carbonyl (C=O) groups excluding carboxylic acids is 1. The molecule has 0 aliphatic carbocycles. The van der Waals surface area contributed by atoms with Crippen molar-refractivity contribution in [2.75, 3.05) is 26.3 Å². The van der Waals surface area contributed by atoms with Crippen LogP contribution in [-0.2, 0) is 9.53 Å². The van der Waals surface area contributed by atoms with Gasteiger partial charge in [-0.1, -0.05) is 0 Å². The Balaban J connectivity index is 1.70. The third-order valence-corrected chi connectivity index (χ3v) is 3.34. The van der Waals surface area contributed by atoms with E-state index in [0.29, 0.717) is 11.7 Å². The molecule has 2 atom stereocenters. The zero-order chi connectivity index (χ0) is 9.80. The molecule has 0 bridgehead atoms. The highest BCUT2D eigenvalue weighted by Crippen LogP contribution is 2.22. The van der Waals surface area contributed by atoms with E-state index in [1.54, 1.807) is 0 Å². The monoisotopic (exact) mass is 197 g/mol. The fourth-order valence-corrected chi connectivity index (χ4v) is 2.32. The van der Waals surface area contributed by atoms with Crippen LogP contribution in [0.15, 0.2) is 0 Å². The summed E-state index contributed by atoms with van der Waals surface area (Å²) in [5, 5.41) is 3.29. The van der Waals surface area contributed by atoms with Crippen LogP contribution in [-0.4, -0.2) is 32.1 Å². The second kappa shape index (κ2) is 4.89. The van der Waals surface area contributed by atoms with Crippen LogP contribution >= 0.6 is 0 Å². The molecule has 80 valence electrons. The van der Waals surface area contributed by atoms with Gasteiger partial charge in [-0.3, -0.25) is 4.79 Å². The minimum Gasteiger partial charge on any atom is -0.381 e. The molecule has 0 radical (unpaired) electrons. The first-order chi connectivity index (χ1) is 6.86. The van der Waals surface area contributed by atoms with Crippen molar-refractivity contribution in [1.82, 2.24) is 5.32 Å². The lowest BCUT2D eigenvalue weighted by Crippen LogP contribution is -2.37. The molecule has 2 rings (SSSR count). The molecule has 2 heterocycles. The van der Waals surface area contributed by atoms with E-state index >= 15 is 0 Å². The largest absolute Gasteiger partial charge is 0.381 e. The van der Waals surface area contributed by atoms with Gasteiger partial charge in [0, 0.05) is 38.6 Å². The fourth-order valence-electron chi connectivity index (χ4n) is 2.32. The van der Waals surface area contributed by atoms with Gasteiger partial charge in [0.2, 0.25) is 0 Å². The summed E-state index contributed by atoms with van der Waals surface area (Å²) in [4.78, 5) is 11.5. The number of Topliss-reactive ketones (excluding diaryl/α,β-unsaturated/α-hetero) is 1. The highest BCUT2D eigenvalue weighted by Gasteiger charge is 2.24. The van der Waals surface area contributed by atoms with Crippen LogP contribution in [0.1, 0.15) is 25.7 Å². The summed E-state index contributed by atoms with van der Waals surface area (Å²) < 4.78 is 5.32. The lowest BCUT2D eigenvalue weighted by atomic mass is 9.89. The highest BCUT2D eigenvalue weighted by molar-refractivity contribution is 5.82. The van der Waals surface area contributed by atoms with Gasteiger partial charge in [0.05, 0.1) is 0 Å². The molecule has 0 spiro atoms. The second-order valence-corrected chi connectivity index (χ2v) is 4.42. The summed E-state index contributed by atoms with van der Waals surface area (Å²) in [6.07, 6.45) is 4.14. The van der Waals surface area contributed by atoms with Crippen LogP contribution in [0.3, 0.4) is 0 Å². The Morgan fingerprint density at radius 1 is 1.43 bits per heavy atom. The highest BCUT2D eigenvalue weighted by atomic mass is 16.5. The van der Waals surface area contributed by atoms with Gasteiger partial charge in [-0.15, -0.1) is 0 Å². The van der Waals surface area contributed by atoms with E-state index < -0.39 is 0 Å². The van der Waals surface area contributed by atoms with Crippen LogP contribution in [0.2, 0.25) is 0 Å². The average Bonchev–Trinajstić information content (AvgIpc) is 2.69. The Bertz CT molecular complexity index is 199. The molecule has 14 heavy (non-hydrogen) atoms. The maximum absolute atomic E-state index is 11.5. The standard InChI is InChI=1S/C11H19NO2/c13-11-3-5-12-7-10(11)2-1-9-4-6-14-8-9/h9-10,12H,1-8H2. The van der Waals surface area contributed by atoms with E-state index in [1.807, 2.05) is 0 Å². The molecular formula is C11H19NO2. The molecular weight excluding hydrogens is 178 g/mol. The Labute approximate surface area is 85.2 Å². The normalized spacial score (nSPS) is 33.6. The van der Waals surface area contributed by atoms with Crippen LogP contribution in [0.25, 0.3) is 0 Å². The van der Waals surface area contributed by atoms with Gasteiger partial charge in [-0.05, 0) is 25.2 Å². The van der Waals surface area contributed by atoms with Crippen molar-refractivity contribution in [2.45, 2.75) is 25.7 Å². The van der Waals surface area contributed by atoms with E-state index in [4.69, 9.17) is 4.74 Å². The predicted molar refractivity (Wildman–Crippen MR) is 54.1 cm³/mol. The van der Waals surface area contributed by atoms with Crippen molar-refractivity contribution < 1.29 is 9.53 Å². The Kier molecular flexibility index (Phi) is 3.54. The van der Waals surface area contributed by atoms with Gasteiger partial charge >= 0.3 is 0 Å². The van der Waals surface area contributed by atoms with E-state index in [0.717, 1.165) is 45.6 Å². The summed E-state index contributed by atoms with van der Waals surface area (Å²) in [6, 6.07) is 0. The first-order valence-corrected chi connectivity index (χ1v) is 5.67. The van der Waals surface area contributed by atoms with Crippen LogP contribution in [0.4, 0.5) is 0 Å². The molecule has 3 nitrogen and oxygen atoms in total. The molecule has 0 amide bonds. The molecule has 2 unspecified atom stereocenters. The number of carbonyl (C=O) groups is 1. The lowest BCUT2D eigenvalue weighted by molar-refractivity contribution is -0.124. The van der Waals surface area contributed by atoms with E-state index in [9.17, 15) is 4.79 Å². The second-order valence-electron chi connectivity index (χ2n) is 4.42. The van der Waals surface area contributed by atoms with Gasteiger partial charge < -0.3 is 10.1 Å². The van der Waals surface area contributed by atoms with Crippen molar-refractivity contribution >= 4 is 5.78 Å². The summed E-state index contributed by atoms with van der Waals surface area (Å²) in [5.74, 6) is 1.46. The van der Waals surface area contributed by atoms with Gasteiger partial charge in [-0.2, -0.15) is 0 Å². The first-order valence-electron chi connectivity index (χ1n) is 5.67. The van der Waals surface area contributed by atoms with Gasteiger partial charge in [-0.25, -0.2) is 0 Å². The van der Waals surface area contributed by atoms with Crippen molar-refractivity contribution in [3.05, 3.63) is 0 Å². The van der Waals surface area contributed by atoms with Gasteiger partial charge in [0.25, 0.3) is 0 Å². The molecule has 3 heteroatoms. The van der Waals surface area contributed by atoms with Gasteiger partial charge in [0.15, 0.2) is 0 Å². The summed E-state index contributed by atoms with van der Waals surface area (Å²) in [6.45, 7) is 3.60. The third-order valence-electron chi connectivity index (χ3n) is 3.34. The van der Waals surface area contributed by atoms with Crippen molar-refractivity contribution in [3.8, 4) is 0 Å². The molecule has 2 aliphatic heterocycles. The third kappa shape index (κ3) is 2.55. The smallest absolute Gasteiger partial charge is 0.138 e. The topological polar surface area (TPSA) is 38.3 Å². The fraction of sp³-hybridized carbons (Fsp3) is 0.909. The Hall–Kier alpha value is -0.410. The number of hydrogen-bond donors (Lipinski definition) is 1. The van der Waals surface area contributed by atoms with Crippen molar-refractivity contribution in [3.63, 3.8) is 0 Å². The van der Waals surface area contributed by atoms with E-state index in [-0.39, 0.29) is 5.92 Å². The van der Waals surface area contributed by atoms with E-state index in [1.165, 1.54) is 6.42 Å². The van der Waals surface area contributed by atoms with Crippen molar-refractivity contribution in [2.24, 2.45) is 11.8 Å². The Morgan fingerprint density at radius 2 is 2.36 bits per heavy atom. The molecule has 0 saturated carbocycles. The quantitative estimate of drug-likeness (QED) is 0.733. The number of ketones is 1. The lowest BCUT2D eigenvalue weighted by Gasteiger charge is -2.22. The molecule has 0 aromatic carbocycles. The molecule has 2 aliphatic rings. The Morgan fingerprint density at radius 3 is 3.07 bits per heavy atom. The number of rotatable bonds is 3. The van der Waals surface area contributed by atoms with Gasteiger partial charge in [0.1, 0.15) is 5.78 Å². The number of hydrogen-bond acceptors (Lipinski definition) is 3. The zero-order valence-electron chi connectivity index (χ0n) is 8.63. The SMILES string of the molecule is O=C1CCNCC1CCC1CCOC1. The van der Waals surface area contributed by atoms with Crippen LogP contribution in [0.5, 0.6) is 0 Å². The average molecular weight is 197 g/mol. The maximum atomic E-state index is 11.5. The number of ether oxygens (including phenoxy) is 1. The molecule has 0 aromatic heterocycles. The molecule has 0 aromatic rings. The number of piperidine rings is 1. The maximum Gasteiger partial charge on any atom is 0.138 e. The zero-order valence-corrected chi connectivity index (χ0v) is 8.63. The first kappa shape index (κ1) is 10.1. The minimum absolute atomic E-state index is 0.282. The van der Waals surface area contributed by atoms with Crippen LogP contribution < -0.4 is 5.32 Å². The summed E-state index contributed by atoms with van der Waals surface area (Å²) >= 11 is 0. The molecule has 2 saturated heterocycles. The van der Waals surface area contributed by atoms with Crippen LogP contribution in [0, 0.1) is 11.8 Å². The van der Waals surface area contributed by atoms with E-state index in [2.05, 4.69) is 5.32 Å². The number of nitrogens with one attached hydrogen (secondary N) is 1. The van der Waals surface area contributed by atoms with Crippen molar-refractivity contribution in [1.29, 1.82) is 0 Å². The molecule has 2 fully saturated rings. The summed E-state index contributed by atoms with van der Waals surface area (Å²) in [5.41, 5.74) is 0. The summed E-state index contributed by atoms with van der Waals surface area (Å²) in [7, 11) is 0. The minimum atomic E-state index is 0.282. The molecule has 1 N–H and O–H groups in total.